The molecular weight excluding hydrogens is 266 g/mol. The number of methoxy groups -OCH3 is 2. The highest BCUT2D eigenvalue weighted by Gasteiger charge is 2.19. The van der Waals surface area contributed by atoms with Crippen LogP contribution in [-0.4, -0.2) is 26.9 Å². The Balaban J connectivity index is 0.00000324. The Morgan fingerprint density at radius 2 is 1.84 bits per heavy atom. The zero-order valence-electron chi connectivity index (χ0n) is 12.3. The number of aryl methyl sites for hydroxylation is 1. The minimum Gasteiger partial charge on any atom is -0.493 e. The van der Waals surface area contributed by atoms with Crippen LogP contribution in [0.4, 0.5) is 0 Å². The van der Waals surface area contributed by atoms with E-state index >= 15 is 0 Å². The minimum absolute atomic E-state index is 0. The lowest BCUT2D eigenvalue weighted by Gasteiger charge is -2.20. The number of ether oxygens (including phenoxy) is 3. The molecule has 19 heavy (non-hydrogen) atoms. The van der Waals surface area contributed by atoms with Gasteiger partial charge >= 0.3 is 0 Å². The molecule has 0 bridgehead atoms. The van der Waals surface area contributed by atoms with Crippen molar-refractivity contribution in [3.05, 3.63) is 17.2 Å². The predicted octanol–water partition coefficient (Wildman–Crippen LogP) is 2.72. The molecule has 1 unspecified atom stereocenters. The van der Waals surface area contributed by atoms with Gasteiger partial charge in [-0.3, -0.25) is 0 Å². The largest absolute Gasteiger partial charge is 0.493 e. The summed E-state index contributed by atoms with van der Waals surface area (Å²) in [5.74, 6) is 2.08. The first-order chi connectivity index (χ1) is 8.54. The van der Waals surface area contributed by atoms with Gasteiger partial charge in [0.25, 0.3) is 0 Å². The summed E-state index contributed by atoms with van der Waals surface area (Å²) in [7, 11) is 3.27. The van der Waals surface area contributed by atoms with Gasteiger partial charge in [-0.25, -0.2) is 0 Å². The molecule has 0 saturated carbocycles. The molecule has 1 atom stereocenters. The normalized spacial score (nSPS) is 11.5. The number of hydrogen-bond acceptors (Lipinski definition) is 4. The summed E-state index contributed by atoms with van der Waals surface area (Å²) in [5, 5.41) is 0. The zero-order valence-corrected chi connectivity index (χ0v) is 13.1. The van der Waals surface area contributed by atoms with E-state index in [1.807, 2.05) is 26.8 Å². The quantitative estimate of drug-likeness (QED) is 0.875. The second kappa shape index (κ2) is 8.12. The van der Waals surface area contributed by atoms with Gasteiger partial charge in [0.2, 0.25) is 5.75 Å². The van der Waals surface area contributed by atoms with Crippen molar-refractivity contribution in [2.75, 3.05) is 20.8 Å². The predicted molar refractivity (Wildman–Crippen MR) is 80.1 cm³/mol. The number of benzene rings is 1. The number of halogens is 1. The Bertz CT molecular complexity index is 408. The Kier molecular flexibility index (Phi) is 7.64. The summed E-state index contributed by atoms with van der Waals surface area (Å²) in [4.78, 5) is 0. The van der Waals surface area contributed by atoms with E-state index in [2.05, 4.69) is 0 Å². The van der Waals surface area contributed by atoms with E-state index in [0.29, 0.717) is 18.1 Å². The molecule has 0 saturated heterocycles. The van der Waals surface area contributed by atoms with Crippen LogP contribution in [0.15, 0.2) is 6.07 Å². The molecule has 110 valence electrons. The maximum Gasteiger partial charge on any atom is 0.203 e. The van der Waals surface area contributed by atoms with Crippen molar-refractivity contribution in [3.8, 4) is 17.2 Å². The van der Waals surface area contributed by atoms with Crippen LogP contribution in [0, 0.1) is 6.92 Å². The fraction of sp³-hybridized carbons (Fsp3) is 0.571. The zero-order chi connectivity index (χ0) is 13.7. The Hall–Kier alpha value is -1.13. The monoisotopic (exact) mass is 289 g/mol. The topological polar surface area (TPSA) is 53.7 Å². The highest BCUT2D eigenvalue weighted by molar-refractivity contribution is 5.85. The van der Waals surface area contributed by atoms with Crippen LogP contribution in [0.5, 0.6) is 17.2 Å². The summed E-state index contributed by atoms with van der Waals surface area (Å²) in [6, 6.07) is 2.03. The van der Waals surface area contributed by atoms with Crippen molar-refractivity contribution in [3.63, 3.8) is 0 Å². The fourth-order valence-electron chi connectivity index (χ4n) is 2.00. The summed E-state index contributed by atoms with van der Waals surface area (Å²) in [5.41, 5.74) is 8.07. The molecule has 0 fully saturated rings. The first kappa shape index (κ1) is 17.9. The molecule has 4 nitrogen and oxygen atoms in total. The van der Waals surface area contributed by atoms with E-state index in [-0.39, 0.29) is 18.4 Å². The molecule has 0 aliphatic carbocycles. The van der Waals surface area contributed by atoms with Gasteiger partial charge in [0, 0.05) is 11.6 Å². The lowest BCUT2D eigenvalue weighted by Crippen LogP contribution is -2.19. The van der Waals surface area contributed by atoms with Gasteiger partial charge in [0.05, 0.1) is 20.8 Å². The Morgan fingerprint density at radius 1 is 1.21 bits per heavy atom. The van der Waals surface area contributed by atoms with E-state index in [1.54, 1.807) is 14.2 Å². The molecule has 0 heterocycles. The van der Waals surface area contributed by atoms with E-state index in [9.17, 15) is 0 Å². The van der Waals surface area contributed by atoms with Crippen LogP contribution in [0.2, 0.25) is 0 Å². The highest BCUT2D eigenvalue weighted by Crippen LogP contribution is 2.42. The molecule has 1 rings (SSSR count). The summed E-state index contributed by atoms with van der Waals surface area (Å²) in [6.07, 6.45) is 0.749. The van der Waals surface area contributed by atoms with Crippen molar-refractivity contribution in [2.24, 2.45) is 5.73 Å². The van der Waals surface area contributed by atoms with Gasteiger partial charge in [-0.05, 0) is 38.8 Å². The van der Waals surface area contributed by atoms with Gasteiger partial charge in [-0.2, -0.15) is 0 Å². The molecular formula is C14H24ClNO3. The van der Waals surface area contributed by atoms with Crippen molar-refractivity contribution in [2.45, 2.75) is 33.2 Å². The van der Waals surface area contributed by atoms with Gasteiger partial charge in [-0.1, -0.05) is 0 Å². The number of hydrogen-bond donors (Lipinski definition) is 1. The van der Waals surface area contributed by atoms with Gasteiger partial charge in [-0.15, -0.1) is 12.4 Å². The van der Waals surface area contributed by atoms with E-state index in [4.69, 9.17) is 19.9 Å². The lowest BCUT2D eigenvalue weighted by atomic mass is 10.00. The number of nitrogens with two attached hydrogens (primary N) is 1. The van der Waals surface area contributed by atoms with Gasteiger partial charge in [0.1, 0.15) is 0 Å². The van der Waals surface area contributed by atoms with E-state index in [1.165, 1.54) is 0 Å². The molecule has 2 N–H and O–H groups in total. The minimum atomic E-state index is 0. The Labute approximate surface area is 121 Å². The van der Waals surface area contributed by atoms with Crippen molar-refractivity contribution in [1.29, 1.82) is 0 Å². The highest BCUT2D eigenvalue weighted by atomic mass is 35.5. The lowest BCUT2D eigenvalue weighted by molar-refractivity contribution is 0.286. The second-order valence-corrected chi connectivity index (χ2v) is 4.35. The van der Waals surface area contributed by atoms with Crippen LogP contribution >= 0.6 is 12.4 Å². The molecule has 0 spiro atoms. The smallest absolute Gasteiger partial charge is 0.203 e. The van der Waals surface area contributed by atoms with Crippen LogP contribution in [0.25, 0.3) is 0 Å². The summed E-state index contributed by atoms with van der Waals surface area (Å²) < 4.78 is 16.5. The first-order valence-electron chi connectivity index (χ1n) is 6.17. The van der Waals surface area contributed by atoms with Gasteiger partial charge in [0.15, 0.2) is 11.5 Å². The molecule has 1 aromatic carbocycles. The molecule has 0 aliphatic heterocycles. The second-order valence-electron chi connectivity index (χ2n) is 4.35. The molecule has 0 aliphatic rings. The molecule has 0 amide bonds. The molecule has 5 heteroatoms. The average Bonchev–Trinajstić information content (AvgIpc) is 2.33. The van der Waals surface area contributed by atoms with E-state index in [0.717, 1.165) is 23.3 Å². The molecule has 1 aromatic rings. The average molecular weight is 290 g/mol. The van der Waals surface area contributed by atoms with E-state index < -0.39 is 0 Å². The SMILES string of the molecule is CCOc1c(OC)cc(C)c(CC(C)N)c1OC.Cl. The van der Waals surface area contributed by atoms with Crippen LogP contribution in [0.3, 0.4) is 0 Å². The van der Waals surface area contributed by atoms with Crippen molar-refractivity contribution >= 4 is 12.4 Å². The maximum absolute atomic E-state index is 5.88. The summed E-state index contributed by atoms with van der Waals surface area (Å²) in [6.45, 7) is 6.50. The maximum atomic E-state index is 5.88. The first-order valence-corrected chi connectivity index (χ1v) is 6.17. The van der Waals surface area contributed by atoms with Gasteiger partial charge < -0.3 is 19.9 Å². The molecule has 0 radical (unpaired) electrons. The van der Waals surface area contributed by atoms with Crippen LogP contribution in [0.1, 0.15) is 25.0 Å². The third-order valence-corrected chi connectivity index (χ3v) is 2.77. The van der Waals surface area contributed by atoms with Crippen molar-refractivity contribution in [1.82, 2.24) is 0 Å². The van der Waals surface area contributed by atoms with Crippen LogP contribution < -0.4 is 19.9 Å². The number of rotatable bonds is 6. The fourth-order valence-corrected chi connectivity index (χ4v) is 2.00. The summed E-state index contributed by atoms with van der Waals surface area (Å²) >= 11 is 0. The standard InChI is InChI=1S/C14H23NO3.ClH/c1-6-18-14-12(16-4)7-9(2)11(8-10(3)15)13(14)17-5;/h7,10H,6,8,15H2,1-5H3;1H. The van der Waals surface area contributed by atoms with Crippen molar-refractivity contribution < 1.29 is 14.2 Å². The van der Waals surface area contributed by atoms with Crippen LogP contribution in [-0.2, 0) is 6.42 Å². The Morgan fingerprint density at radius 3 is 2.26 bits per heavy atom. The molecule has 0 aromatic heterocycles. The third kappa shape index (κ3) is 4.18. The third-order valence-electron chi connectivity index (χ3n) is 2.77.